The van der Waals surface area contributed by atoms with Crippen molar-refractivity contribution in [1.29, 1.82) is 0 Å². The van der Waals surface area contributed by atoms with Crippen LogP contribution in [0.2, 0.25) is 0 Å². The number of nitrogens with zero attached hydrogens (tertiary/aromatic N) is 2. The van der Waals surface area contributed by atoms with Crippen molar-refractivity contribution in [2.75, 3.05) is 0 Å². The maximum absolute atomic E-state index is 4.21. The zero-order valence-electron chi connectivity index (χ0n) is 9.34. The van der Waals surface area contributed by atoms with Gasteiger partial charge in [-0.15, -0.1) is 0 Å². The first-order valence-electron chi connectivity index (χ1n) is 5.75. The van der Waals surface area contributed by atoms with Gasteiger partial charge in [0.25, 0.3) is 0 Å². The van der Waals surface area contributed by atoms with Gasteiger partial charge in [0, 0.05) is 18.8 Å². The van der Waals surface area contributed by atoms with E-state index in [9.17, 15) is 0 Å². The third kappa shape index (κ3) is 3.46. The molecule has 2 heteroatoms. The summed E-state index contributed by atoms with van der Waals surface area (Å²) in [5.41, 5.74) is 1.41. The number of unbranched alkanes of at least 4 members (excludes halogenated alkanes) is 1. The largest absolute Gasteiger partial charge is 0.241 e. The number of aromatic nitrogens is 2. The minimum atomic E-state index is 0.954. The van der Waals surface area contributed by atoms with Crippen molar-refractivity contribution in [2.24, 2.45) is 0 Å². The molecule has 1 aromatic heterocycles. The number of benzene rings is 1. The van der Waals surface area contributed by atoms with Crippen LogP contribution in [-0.2, 0) is 12.8 Å². The van der Waals surface area contributed by atoms with Crippen molar-refractivity contribution < 1.29 is 0 Å². The topological polar surface area (TPSA) is 25.8 Å². The van der Waals surface area contributed by atoms with Crippen LogP contribution in [0.3, 0.4) is 0 Å². The average molecular weight is 212 g/mol. The first kappa shape index (κ1) is 10.8. The fourth-order valence-electron chi connectivity index (χ4n) is 1.72. The maximum atomic E-state index is 4.21. The standard InChI is InChI=1S/C14H16N2/c1-2-7-13(8-3-1)9-4-5-10-14-15-11-6-12-16-14/h1-3,6-8,11-12H,4-5,9-10H2. The van der Waals surface area contributed by atoms with Crippen LogP contribution in [0, 0.1) is 0 Å². The summed E-state index contributed by atoms with van der Waals surface area (Å²) in [6.07, 6.45) is 8.08. The van der Waals surface area contributed by atoms with Gasteiger partial charge in [-0.3, -0.25) is 0 Å². The molecule has 0 aliphatic heterocycles. The summed E-state index contributed by atoms with van der Waals surface area (Å²) in [6.45, 7) is 0. The molecule has 0 unspecified atom stereocenters. The van der Waals surface area contributed by atoms with Gasteiger partial charge >= 0.3 is 0 Å². The van der Waals surface area contributed by atoms with Crippen LogP contribution in [0.15, 0.2) is 48.8 Å². The smallest absolute Gasteiger partial charge is 0.128 e. The van der Waals surface area contributed by atoms with E-state index in [4.69, 9.17) is 0 Å². The number of hydrogen-bond acceptors (Lipinski definition) is 2. The van der Waals surface area contributed by atoms with Crippen LogP contribution in [0.25, 0.3) is 0 Å². The molecule has 1 aromatic carbocycles. The van der Waals surface area contributed by atoms with E-state index in [-0.39, 0.29) is 0 Å². The van der Waals surface area contributed by atoms with Gasteiger partial charge in [0.2, 0.25) is 0 Å². The Morgan fingerprint density at radius 2 is 1.44 bits per heavy atom. The predicted octanol–water partition coefficient (Wildman–Crippen LogP) is 3.04. The van der Waals surface area contributed by atoms with E-state index in [1.165, 1.54) is 12.0 Å². The van der Waals surface area contributed by atoms with Crippen molar-refractivity contribution in [2.45, 2.75) is 25.7 Å². The van der Waals surface area contributed by atoms with Gasteiger partial charge in [-0.1, -0.05) is 30.3 Å². The number of hydrogen-bond donors (Lipinski definition) is 0. The minimum absolute atomic E-state index is 0.954. The first-order valence-corrected chi connectivity index (χ1v) is 5.75. The molecule has 0 radical (unpaired) electrons. The maximum Gasteiger partial charge on any atom is 0.128 e. The van der Waals surface area contributed by atoms with E-state index in [0.29, 0.717) is 0 Å². The molecule has 2 aromatic rings. The van der Waals surface area contributed by atoms with Crippen molar-refractivity contribution in [3.8, 4) is 0 Å². The second-order valence-corrected chi connectivity index (χ2v) is 3.86. The van der Waals surface area contributed by atoms with E-state index >= 15 is 0 Å². The summed E-state index contributed by atoms with van der Waals surface area (Å²) < 4.78 is 0. The molecule has 0 N–H and O–H groups in total. The van der Waals surface area contributed by atoms with Crippen molar-refractivity contribution in [1.82, 2.24) is 9.97 Å². The Hall–Kier alpha value is -1.70. The molecule has 0 saturated heterocycles. The highest BCUT2D eigenvalue weighted by Crippen LogP contribution is 2.06. The fourth-order valence-corrected chi connectivity index (χ4v) is 1.72. The van der Waals surface area contributed by atoms with Gasteiger partial charge in [-0.25, -0.2) is 9.97 Å². The van der Waals surface area contributed by atoms with Crippen molar-refractivity contribution in [3.63, 3.8) is 0 Å². The van der Waals surface area contributed by atoms with Crippen LogP contribution in [0.1, 0.15) is 24.2 Å². The van der Waals surface area contributed by atoms with Gasteiger partial charge < -0.3 is 0 Å². The van der Waals surface area contributed by atoms with Crippen LogP contribution in [0.4, 0.5) is 0 Å². The second kappa shape index (κ2) is 6.01. The van der Waals surface area contributed by atoms with Gasteiger partial charge in [0.15, 0.2) is 0 Å². The summed E-state index contributed by atoms with van der Waals surface area (Å²) >= 11 is 0. The molecule has 1 heterocycles. The lowest BCUT2D eigenvalue weighted by Gasteiger charge is -2.01. The monoisotopic (exact) mass is 212 g/mol. The first-order chi connectivity index (χ1) is 7.95. The van der Waals surface area contributed by atoms with Gasteiger partial charge in [-0.2, -0.15) is 0 Å². The van der Waals surface area contributed by atoms with Crippen molar-refractivity contribution >= 4 is 0 Å². The quantitative estimate of drug-likeness (QED) is 0.712. The van der Waals surface area contributed by atoms with E-state index in [2.05, 4.69) is 40.3 Å². The van der Waals surface area contributed by atoms with E-state index < -0.39 is 0 Å². The Labute approximate surface area is 96.4 Å². The lowest BCUT2D eigenvalue weighted by Crippen LogP contribution is -1.94. The highest BCUT2D eigenvalue weighted by molar-refractivity contribution is 5.14. The van der Waals surface area contributed by atoms with E-state index in [0.717, 1.165) is 25.1 Å². The Morgan fingerprint density at radius 3 is 2.19 bits per heavy atom. The molecular formula is C14H16N2. The molecule has 2 nitrogen and oxygen atoms in total. The Bertz CT molecular complexity index is 356. The van der Waals surface area contributed by atoms with Crippen LogP contribution in [0.5, 0.6) is 0 Å². The third-order valence-corrected chi connectivity index (χ3v) is 2.58. The molecule has 82 valence electrons. The molecule has 0 amide bonds. The zero-order chi connectivity index (χ0) is 11.1. The van der Waals surface area contributed by atoms with E-state index in [1.54, 1.807) is 12.4 Å². The molecule has 0 saturated carbocycles. The number of aryl methyl sites for hydroxylation is 2. The molecule has 2 rings (SSSR count). The zero-order valence-corrected chi connectivity index (χ0v) is 9.34. The van der Waals surface area contributed by atoms with Crippen molar-refractivity contribution in [3.05, 3.63) is 60.2 Å². The molecule has 0 bridgehead atoms. The van der Waals surface area contributed by atoms with Gasteiger partial charge in [0.1, 0.15) is 5.82 Å². The Balaban J connectivity index is 1.70. The molecule has 0 aliphatic rings. The van der Waals surface area contributed by atoms with Crippen LogP contribution >= 0.6 is 0 Å². The van der Waals surface area contributed by atoms with Crippen LogP contribution in [-0.4, -0.2) is 9.97 Å². The molecule has 0 atom stereocenters. The molecule has 0 spiro atoms. The summed E-state index contributed by atoms with van der Waals surface area (Å²) in [6, 6.07) is 12.5. The number of rotatable bonds is 5. The summed E-state index contributed by atoms with van der Waals surface area (Å²) in [5.74, 6) is 0.954. The average Bonchev–Trinajstić information content (AvgIpc) is 2.37. The highest BCUT2D eigenvalue weighted by Gasteiger charge is 1.96. The lowest BCUT2D eigenvalue weighted by atomic mass is 10.1. The molecule has 0 fully saturated rings. The molecule has 0 aliphatic carbocycles. The summed E-state index contributed by atoms with van der Waals surface area (Å²) in [4.78, 5) is 8.42. The minimum Gasteiger partial charge on any atom is -0.241 e. The lowest BCUT2D eigenvalue weighted by molar-refractivity contribution is 0.707. The molecular weight excluding hydrogens is 196 g/mol. The van der Waals surface area contributed by atoms with E-state index in [1.807, 2.05) is 6.07 Å². The Kier molecular flexibility index (Phi) is 4.06. The Morgan fingerprint density at radius 1 is 0.750 bits per heavy atom. The fraction of sp³-hybridized carbons (Fsp3) is 0.286. The summed E-state index contributed by atoms with van der Waals surface area (Å²) in [5, 5.41) is 0. The van der Waals surface area contributed by atoms with Crippen LogP contribution < -0.4 is 0 Å². The van der Waals surface area contributed by atoms with Gasteiger partial charge in [0.05, 0.1) is 0 Å². The summed E-state index contributed by atoms with van der Waals surface area (Å²) in [7, 11) is 0. The highest BCUT2D eigenvalue weighted by atomic mass is 14.8. The van der Waals surface area contributed by atoms with Gasteiger partial charge in [-0.05, 0) is 30.9 Å². The predicted molar refractivity (Wildman–Crippen MR) is 65.1 cm³/mol. The SMILES string of the molecule is c1ccc(CCCCc2ncccn2)cc1. The molecule has 16 heavy (non-hydrogen) atoms. The third-order valence-electron chi connectivity index (χ3n) is 2.58. The normalized spacial score (nSPS) is 10.2. The second-order valence-electron chi connectivity index (χ2n) is 3.86.